The number of hydrogen-bond acceptors (Lipinski definition) is 5. The standard InChI is InChI=1S/C16H13NO5/c1-9-10(15(19)20)7-4-8-13(9)17-14(18)11-5-2-3-6-12(11)16(21)22/h2-8H,1H3,(H,17,18)(H,19,20)(H,21,22)/p-2. The molecule has 0 unspecified atom stereocenters. The molecule has 2 aromatic carbocycles. The van der Waals surface area contributed by atoms with Crippen LogP contribution in [-0.2, 0) is 0 Å². The van der Waals surface area contributed by atoms with Crippen LogP contribution in [0.2, 0.25) is 0 Å². The summed E-state index contributed by atoms with van der Waals surface area (Å²) in [5, 5.41) is 24.5. The molecule has 2 rings (SSSR count). The second kappa shape index (κ2) is 6.09. The molecule has 0 aliphatic heterocycles. The number of anilines is 1. The van der Waals surface area contributed by atoms with Crippen molar-refractivity contribution < 1.29 is 24.6 Å². The third-order valence-electron chi connectivity index (χ3n) is 3.19. The Kier molecular flexibility index (Phi) is 4.22. The number of aromatic carboxylic acids is 2. The number of amides is 1. The molecule has 0 saturated carbocycles. The lowest BCUT2D eigenvalue weighted by Crippen LogP contribution is -2.27. The number of hydrogen-bond donors (Lipinski definition) is 1. The summed E-state index contributed by atoms with van der Waals surface area (Å²) in [6.07, 6.45) is 0. The normalized spacial score (nSPS) is 10.0. The van der Waals surface area contributed by atoms with Gasteiger partial charge in [-0.2, -0.15) is 0 Å². The summed E-state index contributed by atoms with van der Waals surface area (Å²) >= 11 is 0. The molecule has 0 aliphatic rings. The number of benzene rings is 2. The fourth-order valence-corrected chi connectivity index (χ4v) is 2.04. The Morgan fingerprint density at radius 2 is 1.36 bits per heavy atom. The van der Waals surface area contributed by atoms with Crippen LogP contribution in [-0.4, -0.2) is 17.8 Å². The van der Waals surface area contributed by atoms with E-state index in [9.17, 15) is 24.6 Å². The first-order valence-corrected chi connectivity index (χ1v) is 6.34. The molecule has 0 atom stereocenters. The third-order valence-corrected chi connectivity index (χ3v) is 3.19. The van der Waals surface area contributed by atoms with Gasteiger partial charge in [0.05, 0.1) is 11.9 Å². The number of carboxylic acids is 2. The number of carboxylic acid groups (broad SMARTS) is 2. The van der Waals surface area contributed by atoms with Gasteiger partial charge in [-0.15, -0.1) is 0 Å². The van der Waals surface area contributed by atoms with E-state index in [4.69, 9.17) is 0 Å². The van der Waals surface area contributed by atoms with Crippen molar-refractivity contribution in [1.29, 1.82) is 0 Å². The highest BCUT2D eigenvalue weighted by atomic mass is 16.4. The fourth-order valence-electron chi connectivity index (χ4n) is 2.04. The van der Waals surface area contributed by atoms with E-state index in [1.165, 1.54) is 49.4 Å². The molecular weight excluding hydrogens is 286 g/mol. The summed E-state index contributed by atoms with van der Waals surface area (Å²) in [6.45, 7) is 1.52. The minimum Gasteiger partial charge on any atom is -0.545 e. The van der Waals surface area contributed by atoms with E-state index in [0.717, 1.165) is 0 Å². The van der Waals surface area contributed by atoms with Gasteiger partial charge in [-0.1, -0.05) is 30.3 Å². The molecular formula is C16H11NO5-2. The van der Waals surface area contributed by atoms with Crippen molar-refractivity contribution in [2.75, 3.05) is 5.32 Å². The molecule has 0 fully saturated rings. The van der Waals surface area contributed by atoms with Crippen molar-refractivity contribution in [1.82, 2.24) is 0 Å². The highest BCUT2D eigenvalue weighted by molar-refractivity contribution is 6.10. The summed E-state index contributed by atoms with van der Waals surface area (Å²) in [4.78, 5) is 34.2. The molecule has 6 heteroatoms. The molecule has 1 amide bonds. The van der Waals surface area contributed by atoms with Crippen molar-refractivity contribution >= 4 is 23.5 Å². The van der Waals surface area contributed by atoms with Gasteiger partial charge in [0, 0.05) is 22.4 Å². The average Bonchev–Trinajstić information content (AvgIpc) is 2.49. The van der Waals surface area contributed by atoms with Crippen molar-refractivity contribution in [2.24, 2.45) is 0 Å². The van der Waals surface area contributed by atoms with Crippen LogP contribution in [0.5, 0.6) is 0 Å². The van der Waals surface area contributed by atoms with Gasteiger partial charge >= 0.3 is 0 Å². The SMILES string of the molecule is Cc1c(NC(=O)c2ccccc2C(=O)[O-])cccc1C(=O)[O-]. The summed E-state index contributed by atoms with van der Waals surface area (Å²) in [6, 6.07) is 9.93. The Bertz CT molecular complexity index is 767. The summed E-state index contributed by atoms with van der Waals surface area (Å²) in [5.41, 5.74) is 0.224. The van der Waals surface area contributed by atoms with Crippen molar-refractivity contribution in [3.8, 4) is 0 Å². The summed E-state index contributed by atoms with van der Waals surface area (Å²) in [7, 11) is 0. The van der Waals surface area contributed by atoms with Gasteiger partial charge in [0.15, 0.2) is 0 Å². The maximum atomic E-state index is 12.2. The Hall–Kier alpha value is -3.15. The summed E-state index contributed by atoms with van der Waals surface area (Å²) in [5.74, 6) is -3.49. The van der Waals surface area contributed by atoms with E-state index in [2.05, 4.69) is 5.32 Å². The first-order valence-electron chi connectivity index (χ1n) is 6.34. The quantitative estimate of drug-likeness (QED) is 0.852. The smallest absolute Gasteiger partial charge is 0.256 e. The molecule has 0 saturated heterocycles. The number of carbonyl (C=O) groups is 3. The number of nitrogens with one attached hydrogen (secondary N) is 1. The van der Waals surface area contributed by atoms with Gasteiger partial charge in [-0.3, -0.25) is 4.79 Å². The molecule has 0 heterocycles. The van der Waals surface area contributed by atoms with Crippen LogP contribution < -0.4 is 15.5 Å². The molecule has 6 nitrogen and oxygen atoms in total. The van der Waals surface area contributed by atoms with Crippen LogP contribution in [0.15, 0.2) is 42.5 Å². The summed E-state index contributed by atoms with van der Waals surface area (Å²) < 4.78 is 0. The van der Waals surface area contributed by atoms with Crippen LogP contribution in [0.4, 0.5) is 5.69 Å². The van der Waals surface area contributed by atoms with Crippen LogP contribution in [0.25, 0.3) is 0 Å². The lowest BCUT2D eigenvalue weighted by Gasteiger charge is -2.14. The molecule has 1 N–H and O–H groups in total. The molecule has 0 aliphatic carbocycles. The monoisotopic (exact) mass is 297 g/mol. The largest absolute Gasteiger partial charge is 0.545 e. The second-order valence-corrected chi connectivity index (χ2v) is 4.55. The average molecular weight is 297 g/mol. The Morgan fingerprint density at radius 3 is 1.95 bits per heavy atom. The zero-order chi connectivity index (χ0) is 16.3. The lowest BCUT2D eigenvalue weighted by molar-refractivity contribution is -0.256. The van der Waals surface area contributed by atoms with Crippen LogP contribution in [0.3, 0.4) is 0 Å². The maximum Gasteiger partial charge on any atom is 0.256 e. The van der Waals surface area contributed by atoms with E-state index < -0.39 is 17.8 Å². The minimum absolute atomic E-state index is 0.0500. The minimum atomic E-state index is -1.47. The topological polar surface area (TPSA) is 109 Å². The zero-order valence-corrected chi connectivity index (χ0v) is 11.6. The van der Waals surface area contributed by atoms with E-state index in [1.807, 2.05) is 0 Å². The second-order valence-electron chi connectivity index (χ2n) is 4.55. The van der Waals surface area contributed by atoms with Crippen LogP contribution >= 0.6 is 0 Å². The van der Waals surface area contributed by atoms with Crippen molar-refractivity contribution in [3.05, 3.63) is 64.7 Å². The van der Waals surface area contributed by atoms with Gasteiger partial charge in [-0.25, -0.2) is 0 Å². The first kappa shape index (κ1) is 15.2. The molecule has 112 valence electrons. The first-order chi connectivity index (χ1) is 10.4. The van der Waals surface area contributed by atoms with Crippen LogP contribution in [0.1, 0.15) is 36.6 Å². The Labute approximate surface area is 126 Å². The highest BCUT2D eigenvalue weighted by Gasteiger charge is 2.13. The Morgan fingerprint density at radius 1 is 0.818 bits per heavy atom. The van der Waals surface area contributed by atoms with Crippen molar-refractivity contribution in [3.63, 3.8) is 0 Å². The number of carbonyl (C=O) groups excluding carboxylic acids is 3. The molecule has 0 bridgehead atoms. The maximum absolute atomic E-state index is 12.2. The van der Waals surface area contributed by atoms with E-state index >= 15 is 0 Å². The zero-order valence-electron chi connectivity index (χ0n) is 11.6. The van der Waals surface area contributed by atoms with Gasteiger partial charge in [-0.05, 0) is 24.6 Å². The molecule has 0 radical (unpaired) electrons. The molecule has 22 heavy (non-hydrogen) atoms. The van der Waals surface area contributed by atoms with Gasteiger partial charge < -0.3 is 25.1 Å². The fraction of sp³-hybridized carbons (Fsp3) is 0.0625. The highest BCUT2D eigenvalue weighted by Crippen LogP contribution is 2.20. The van der Waals surface area contributed by atoms with Gasteiger partial charge in [0.25, 0.3) is 5.91 Å². The Balaban J connectivity index is 2.37. The predicted octanol–water partition coefficient (Wildman–Crippen LogP) is -0.0257. The molecule has 2 aromatic rings. The molecule has 0 aromatic heterocycles. The van der Waals surface area contributed by atoms with Crippen LogP contribution in [0, 0.1) is 6.92 Å². The van der Waals surface area contributed by atoms with E-state index in [0.29, 0.717) is 5.56 Å². The van der Waals surface area contributed by atoms with E-state index in [-0.39, 0.29) is 22.4 Å². The predicted molar refractivity (Wildman–Crippen MR) is 74.2 cm³/mol. The molecule has 0 spiro atoms. The third kappa shape index (κ3) is 2.95. The van der Waals surface area contributed by atoms with Gasteiger partial charge in [0.1, 0.15) is 0 Å². The lowest BCUT2D eigenvalue weighted by atomic mass is 10.0. The van der Waals surface area contributed by atoms with Gasteiger partial charge in [0.2, 0.25) is 0 Å². The number of rotatable bonds is 4. The van der Waals surface area contributed by atoms with Crippen molar-refractivity contribution in [2.45, 2.75) is 6.92 Å². The van der Waals surface area contributed by atoms with E-state index in [1.54, 1.807) is 0 Å².